The van der Waals surface area contributed by atoms with Crippen LogP contribution in [-0.2, 0) is 38.1 Å². The number of hydrogen-bond acceptors (Lipinski definition) is 8. The Labute approximate surface area is 185 Å². The molecule has 0 bridgehead atoms. The van der Waals surface area contributed by atoms with Crippen molar-refractivity contribution in [3.8, 4) is 0 Å². The summed E-state index contributed by atoms with van der Waals surface area (Å²) in [6.45, 7) is 17.4. The highest BCUT2D eigenvalue weighted by molar-refractivity contribution is 5.77. The van der Waals surface area contributed by atoms with Crippen LogP contribution in [0.1, 0.15) is 61.8 Å². The van der Waals surface area contributed by atoms with Gasteiger partial charge in [0.1, 0.15) is 0 Å². The number of allylic oxidation sites excluding steroid dienone is 1. The van der Waals surface area contributed by atoms with Crippen LogP contribution in [0.15, 0.2) is 12.7 Å². The third-order valence-electron chi connectivity index (χ3n) is 4.83. The molecule has 0 aromatic heterocycles. The molecule has 1 fully saturated rings. The Kier molecular flexibility index (Phi) is 9.26. The highest BCUT2D eigenvalue weighted by atomic mass is 16.7. The Hall–Kier alpha value is -1.93. The van der Waals surface area contributed by atoms with Gasteiger partial charge < -0.3 is 23.7 Å². The highest BCUT2D eigenvalue weighted by Gasteiger charge is 2.52. The third kappa shape index (κ3) is 7.61. The Morgan fingerprint density at radius 3 is 1.84 bits per heavy atom. The molecule has 1 heterocycles. The molecule has 0 N–H and O–H groups in total. The van der Waals surface area contributed by atoms with Gasteiger partial charge in [-0.1, -0.05) is 13.0 Å². The monoisotopic (exact) mass is 442 g/mol. The van der Waals surface area contributed by atoms with Crippen molar-refractivity contribution in [1.82, 2.24) is 0 Å². The maximum absolute atomic E-state index is 12.7. The summed E-state index contributed by atoms with van der Waals surface area (Å²) in [4.78, 5) is 37.8. The molecule has 8 nitrogen and oxygen atoms in total. The Morgan fingerprint density at radius 1 is 0.935 bits per heavy atom. The topological polar surface area (TPSA) is 97.4 Å². The minimum Gasteiger partial charge on any atom is -0.455 e. The molecule has 1 saturated heterocycles. The Bertz CT molecular complexity index is 657. The van der Waals surface area contributed by atoms with E-state index in [0.717, 1.165) is 0 Å². The average molecular weight is 443 g/mol. The number of esters is 3. The zero-order valence-corrected chi connectivity index (χ0v) is 20.2. The van der Waals surface area contributed by atoms with E-state index < -0.39 is 59.4 Å². The van der Waals surface area contributed by atoms with E-state index in [4.69, 9.17) is 23.7 Å². The molecule has 1 aliphatic rings. The second-order valence-electron chi connectivity index (χ2n) is 10.1. The molecule has 0 aromatic carbocycles. The van der Waals surface area contributed by atoms with Gasteiger partial charge in [-0.15, -0.1) is 6.58 Å². The van der Waals surface area contributed by atoms with Crippen molar-refractivity contribution in [3.63, 3.8) is 0 Å². The van der Waals surface area contributed by atoms with Crippen molar-refractivity contribution in [2.24, 2.45) is 16.7 Å². The van der Waals surface area contributed by atoms with Crippen LogP contribution < -0.4 is 0 Å². The van der Waals surface area contributed by atoms with Crippen LogP contribution in [-0.4, -0.2) is 55.7 Å². The van der Waals surface area contributed by atoms with Gasteiger partial charge in [-0.25, -0.2) is 0 Å². The molecule has 1 aliphatic heterocycles. The van der Waals surface area contributed by atoms with Crippen molar-refractivity contribution in [3.05, 3.63) is 12.7 Å². The lowest BCUT2D eigenvalue weighted by molar-refractivity contribution is -0.298. The molecule has 0 aromatic rings. The fraction of sp³-hybridized carbons (Fsp3) is 0.783. The summed E-state index contributed by atoms with van der Waals surface area (Å²) >= 11 is 0. The van der Waals surface area contributed by atoms with Gasteiger partial charge in [0.15, 0.2) is 24.6 Å². The SMILES string of the molecule is C=C[C@H](C)CC(=O)O[C@H]1[C@H](OC(=O)C(C)(C)C)[C@@H](OC(=O)C(C)(C)C)[C@@H](OC)O[C@@H]1C. The fourth-order valence-electron chi connectivity index (χ4n) is 2.73. The predicted octanol–water partition coefficient (Wildman–Crippen LogP) is 3.42. The molecule has 0 amide bonds. The van der Waals surface area contributed by atoms with Crippen molar-refractivity contribution >= 4 is 17.9 Å². The minimum atomic E-state index is -1.12. The van der Waals surface area contributed by atoms with E-state index in [1.807, 2.05) is 6.92 Å². The highest BCUT2D eigenvalue weighted by Crippen LogP contribution is 2.32. The van der Waals surface area contributed by atoms with E-state index in [-0.39, 0.29) is 12.3 Å². The van der Waals surface area contributed by atoms with Crippen LogP contribution in [0.3, 0.4) is 0 Å². The standard InChI is InChI=1S/C23H38O8/c1-11-13(2)12-15(24)29-16-14(3)28-19(27-10)18(31-21(26)23(7,8)9)17(16)30-20(25)22(4,5)6/h11,13-14,16-19H,1,12H2,2-10H3/t13-,14+,16+,17-,18+,19-/m0/s1. The summed E-state index contributed by atoms with van der Waals surface area (Å²) in [5, 5.41) is 0. The van der Waals surface area contributed by atoms with Gasteiger partial charge in [-0.3, -0.25) is 14.4 Å². The molecule has 0 saturated carbocycles. The van der Waals surface area contributed by atoms with Crippen LogP contribution in [0.2, 0.25) is 0 Å². The second-order valence-corrected chi connectivity index (χ2v) is 10.1. The molecule has 8 heteroatoms. The lowest BCUT2D eigenvalue weighted by atomic mass is 9.94. The minimum absolute atomic E-state index is 0.0934. The largest absolute Gasteiger partial charge is 0.455 e. The Balaban J connectivity index is 3.30. The zero-order valence-electron chi connectivity index (χ0n) is 20.2. The van der Waals surface area contributed by atoms with E-state index in [9.17, 15) is 14.4 Å². The first-order valence-corrected chi connectivity index (χ1v) is 10.5. The number of methoxy groups -OCH3 is 1. The first-order chi connectivity index (χ1) is 14.1. The number of hydrogen-bond donors (Lipinski definition) is 0. The van der Waals surface area contributed by atoms with E-state index in [0.29, 0.717) is 0 Å². The first kappa shape index (κ1) is 27.1. The van der Waals surface area contributed by atoms with E-state index in [1.165, 1.54) is 7.11 Å². The summed E-state index contributed by atoms with van der Waals surface area (Å²) in [7, 11) is 1.40. The van der Waals surface area contributed by atoms with Crippen molar-refractivity contribution < 1.29 is 38.1 Å². The Morgan fingerprint density at radius 2 is 1.42 bits per heavy atom. The molecule has 178 valence electrons. The molecule has 6 atom stereocenters. The van der Waals surface area contributed by atoms with Crippen LogP contribution in [0.4, 0.5) is 0 Å². The van der Waals surface area contributed by atoms with E-state index >= 15 is 0 Å². The van der Waals surface area contributed by atoms with Gasteiger partial charge in [-0.05, 0) is 54.4 Å². The van der Waals surface area contributed by atoms with Gasteiger partial charge in [0.05, 0.1) is 23.4 Å². The van der Waals surface area contributed by atoms with Gasteiger partial charge in [0.2, 0.25) is 0 Å². The lowest BCUT2D eigenvalue weighted by Gasteiger charge is -2.44. The normalized spacial score (nSPS) is 27.7. The molecule has 0 spiro atoms. The van der Waals surface area contributed by atoms with E-state index in [2.05, 4.69) is 6.58 Å². The average Bonchev–Trinajstić information content (AvgIpc) is 2.64. The van der Waals surface area contributed by atoms with Crippen molar-refractivity contribution in [2.45, 2.75) is 92.5 Å². The molecule has 0 radical (unpaired) electrons. The summed E-state index contributed by atoms with van der Waals surface area (Å²) < 4.78 is 28.3. The van der Waals surface area contributed by atoms with E-state index in [1.54, 1.807) is 54.5 Å². The van der Waals surface area contributed by atoms with Gasteiger partial charge in [0, 0.05) is 7.11 Å². The molecular formula is C23H38O8. The van der Waals surface area contributed by atoms with Gasteiger partial charge in [-0.2, -0.15) is 0 Å². The third-order valence-corrected chi connectivity index (χ3v) is 4.83. The quantitative estimate of drug-likeness (QED) is 0.336. The fourth-order valence-corrected chi connectivity index (χ4v) is 2.73. The van der Waals surface area contributed by atoms with Gasteiger partial charge in [0.25, 0.3) is 0 Å². The number of ether oxygens (including phenoxy) is 5. The smallest absolute Gasteiger partial charge is 0.311 e. The lowest BCUT2D eigenvalue weighted by Crippen LogP contribution is -2.62. The summed E-state index contributed by atoms with van der Waals surface area (Å²) in [5.74, 6) is -1.65. The first-order valence-electron chi connectivity index (χ1n) is 10.5. The van der Waals surface area contributed by atoms with Crippen LogP contribution in [0.5, 0.6) is 0 Å². The zero-order chi connectivity index (χ0) is 24.1. The maximum Gasteiger partial charge on any atom is 0.311 e. The molecular weight excluding hydrogens is 404 g/mol. The summed E-state index contributed by atoms with van der Waals surface area (Å²) in [6.07, 6.45) is -3.12. The van der Waals surface area contributed by atoms with Crippen molar-refractivity contribution in [2.75, 3.05) is 7.11 Å². The maximum atomic E-state index is 12.7. The second kappa shape index (κ2) is 10.6. The number of rotatable bonds is 7. The number of carbonyl (C=O) groups excluding carboxylic acids is 3. The molecule has 1 rings (SSSR count). The van der Waals surface area contributed by atoms with Crippen LogP contribution >= 0.6 is 0 Å². The molecule has 0 unspecified atom stereocenters. The van der Waals surface area contributed by atoms with Crippen LogP contribution in [0.25, 0.3) is 0 Å². The number of carbonyl (C=O) groups is 3. The predicted molar refractivity (Wildman–Crippen MR) is 114 cm³/mol. The molecule has 31 heavy (non-hydrogen) atoms. The van der Waals surface area contributed by atoms with Crippen molar-refractivity contribution in [1.29, 1.82) is 0 Å². The van der Waals surface area contributed by atoms with Gasteiger partial charge >= 0.3 is 17.9 Å². The molecule has 0 aliphatic carbocycles. The summed E-state index contributed by atoms with van der Waals surface area (Å²) in [5.41, 5.74) is -1.64. The van der Waals surface area contributed by atoms with Crippen LogP contribution in [0, 0.1) is 16.7 Å². The summed E-state index contributed by atoms with van der Waals surface area (Å²) in [6, 6.07) is 0.